The Labute approximate surface area is 171 Å². The SMILES string of the molecule is Cc1cc(/C=C/c2ccc(Cl)cc2)n(OS(=O)(=O)C(F)(F)C(F)C(F)(F)F)c(=O)c1. The van der Waals surface area contributed by atoms with Crippen molar-refractivity contribution in [2.75, 3.05) is 0 Å². The molecule has 164 valence electrons. The van der Waals surface area contributed by atoms with E-state index in [1.54, 1.807) is 0 Å². The third-order valence-corrected chi connectivity index (χ3v) is 5.04. The fourth-order valence-corrected chi connectivity index (χ4v) is 3.10. The molecule has 1 heterocycles. The Morgan fingerprint density at radius 2 is 1.63 bits per heavy atom. The van der Waals surface area contributed by atoms with Crippen LogP contribution in [0.5, 0.6) is 0 Å². The monoisotopic (exact) mass is 475 g/mol. The number of halogens is 7. The quantitative estimate of drug-likeness (QED) is 0.586. The van der Waals surface area contributed by atoms with Crippen LogP contribution >= 0.6 is 11.6 Å². The zero-order valence-electron chi connectivity index (χ0n) is 14.8. The normalized spacial score (nSPS) is 14.1. The molecule has 1 aromatic carbocycles. The number of alkyl halides is 6. The molecule has 0 N–H and O–H groups in total. The molecule has 1 unspecified atom stereocenters. The second-order valence-electron chi connectivity index (χ2n) is 5.97. The van der Waals surface area contributed by atoms with E-state index in [0.29, 0.717) is 10.6 Å². The summed E-state index contributed by atoms with van der Waals surface area (Å²) in [7, 11) is -6.56. The maximum atomic E-state index is 13.7. The maximum absolute atomic E-state index is 13.7. The number of pyridine rings is 1. The predicted molar refractivity (Wildman–Crippen MR) is 97.2 cm³/mol. The molecule has 0 amide bonds. The van der Waals surface area contributed by atoms with Crippen molar-refractivity contribution in [3.8, 4) is 0 Å². The summed E-state index contributed by atoms with van der Waals surface area (Å²) in [5.41, 5.74) is -0.934. The van der Waals surface area contributed by atoms with Gasteiger partial charge in [-0.1, -0.05) is 29.8 Å². The van der Waals surface area contributed by atoms with E-state index >= 15 is 0 Å². The van der Waals surface area contributed by atoms with Crippen molar-refractivity contribution < 1.29 is 39.0 Å². The summed E-state index contributed by atoms with van der Waals surface area (Å²) in [5.74, 6) is 0. The highest BCUT2D eigenvalue weighted by Gasteiger charge is 2.66. The summed E-state index contributed by atoms with van der Waals surface area (Å²) < 4.78 is 104. The van der Waals surface area contributed by atoms with Crippen molar-refractivity contribution in [1.82, 2.24) is 4.73 Å². The Balaban J connectivity index is 2.49. The van der Waals surface area contributed by atoms with E-state index in [4.69, 9.17) is 11.6 Å². The van der Waals surface area contributed by atoms with E-state index in [1.165, 1.54) is 37.3 Å². The van der Waals surface area contributed by atoms with Crippen molar-refractivity contribution in [3.63, 3.8) is 0 Å². The van der Waals surface area contributed by atoms with E-state index in [1.807, 2.05) is 0 Å². The summed E-state index contributed by atoms with van der Waals surface area (Å²) in [6.07, 6.45) is -8.84. The molecule has 0 spiro atoms. The summed E-state index contributed by atoms with van der Waals surface area (Å²) in [6, 6.07) is 7.98. The molecule has 2 rings (SSSR count). The van der Waals surface area contributed by atoms with Crippen LogP contribution in [0.1, 0.15) is 16.8 Å². The van der Waals surface area contributed by atoms with Gasteiger partial charge >= 0.3 is 21.5 Å². The minimum absolute atomic E-state index is 0.175. The highest BCUT2D eigenvalue weighted by molar-refractivity contribution is 7.88. The molecular weight excluding hydrogens is 464 g/mol. The van der Waals surface area contributed by atoms with Crippen LogP contribution in [0.15, 0.2) is 41.2 Å². The summed E-state index contributed by atoms with van der Waals surface area (Å²) >= 11 is 5.73. The van der Waals surface area contributed by atoms with Gasteiger partial charge in [-0.2, -0.15) is 30.4 Å². The summed E-state index contributed by atoms with van der Waals surface area (Å²) in [6.45, 7) is 1.41. The van der Waals surface area contributed by atoms with Gasteiger partial charge in [-0.15, -0.1) is 4.73 Å². The molecule has 0 bridgehead atoms. The van der Waals surface area contributed by atoms with Crippen LogP contribution in [-0.4, -0.2) is 30.8 Å². The van der Waals surface area contributed by atoms with E-state index in [-0.39, 0.29) is 10.3 Å². The van der Waals surface area contributed by atoms with Crippen molar-refractivity contribution in [1.29, 1.82) is 0 Å². The Morgan fingerprint density at radius 1 is 1.07 bits per heavy atom. The van der Waals surface area contributed by atoms with Crippen molar-refractivity contribution in [3.05, 3.63) is 68.6 Å². The number of hydrogen-bond donors (Lipinski definition) is 0. The maximum Gasteiger partial charge on any atom is 0.426 e. The van der Waals surface area contributed by atoms with Crippen LogP contribution in [0.3, 0.4) is 0 Å². The number of hydrogen-bond acceptors (Lipinski definition) is 4. The number of benzene rings is 1. The third kappa shape index (κ3) is 5.17. The van der Waals surface area contributed by atoms with Crippen LogP contribution in [0.25, 0.3) is 12.2 Å². The van der Waals surface area contributed by atoms with Crippen LogP contribution < -0.4 is 9.84 Å². The Kier molecular flexibility index (Phi) is 6.62. The molecule has 0 aliphatic rings. The van der Waals surface area contributed by atoms with Gasteiger partial charge < -0.3 is 0 Å². The minimum Gasteiger partial charge on any atom is -0.279 e. The van der Waals surface area contributed by atoms with E-state index in [9.17, 15) is 39.6 Å². The third-order valence-electron chi connectivity index (χ3n) is 3.57. The topological polar surface area (TPSA) is 65.4 Å². The Morgan fingerprint density at radius 3 is 2.17 bits per heavy atom. The lowest BCUT2D eigenvalue weighted by molar-refractivity contribution is -0.223. The first-order valence-corrected chi connectivity index (χ1v) is 9.64. The van der Waals surface area contributed by atoms with Crippen LogP contribution in [0, 0.1) is 6.92 Å². The molecule has 30 heavy (non-hydrogen) atoms. The largest absolute Gasteiger partial charge is 0.426 e. The van der Waals surface area contributed by atoms with Gasteiger partial charge in [0.1, 0.15) is 0 Å². The fourth-order valence-electron chi connectivity index (χ4n) is 2.13. The summed E-state index contributed by atoms with van der Waals surface area (Å²) in [4.78, 5) is 12.0. The van der Waals surface area contributed by atoms with Gasteiger partial charge in [0.05, 0.1) is 5.69 Å². The van der Waals surface area contributed by atoms with Gasteiger partial charge in [0, 0.05) is 11.1 Å². The minimum atomic E-state index is -6.56. The number of aryl methyl sites for hydroxylation is 1. The lowest BCUT2D eigenvalue weighted by Crippen LogP contribution is -2.51. The second kappa shape index (κ2) is 8.34. The molecule has 0 aliphatic carbocycles. The first-order chi connectivity index (χ1) is 13.6. The predicted octanol–water partition coefficient (Wildman–Crippen LogP) is 4.23. The first-order valence-electron chi connectivity index (χ1n) is 7.85. The van der Waals surface area contributed by atoms with Crippen molar-refractivity contribution in [2.24, 2.45) is 0 Å². The molecule has 0 radical (unpaired) electrons. The van der Waals surface area contributed by atoms with Crippen LogP contribution in [0.4, 0.5) is 26.3 Å². The van der Waals surface area contributed by atoms with E-state index < -0.39 is 39.0 Å². The molecule has 5 nitrogen and oxygen atoms in total. The average Bonchev–Trinajstić information content (AvgIpc) is 2.62. The van der Waals surface area contributed by atoms with Gasteiger partial charge in [0.15, 0.2) is 0 Å². The first kappa shape index (κ1) is 23.8. The number of nitrogens with zero attached hydrogens (tertiary/aromatic N) is 1. The number of aromatic nitrogens is 1. The van der Waals surface area contributed by atoms with Gasteiger partial charge in [-0.05, 0) is 42.3 Å². The van der Waals surface area contributed by atoms with E-state index in [2.05, 4.69) is 4.28 Å². The molecule has 2 aromatic rings. The van der Waals surface area contributed by atoms with Crippen LogP contribution in [0.2, 0.25) is 5.02 Å². The Bertz CT molecular complexity index is 1110. The van der Waals surface area contributed by atoms with Crippen LogP contribution in [-0.2, 0) is 10.1 Å². The molecule has 0 saturated heterocycles. The highest BCUT2D eigenvalue weighted by Crippen LogP contribution is 2.38. The molecule has 1 aromatic heterocycles. The molecular formula is C17H12ClF6NO4S. The zero-order valence-corrected chi connectivity index (χ0v) is 16.4. The van der Waals surface area contributed by atoms with Crippen molar-refractivity contribution in [2.45, 2.75) is 24.5 Å². The smallest absolute Gasteiger partial charge is 0.279 e. The van der Waals surface area contributed by atoms with Gasteiger partial charge in [-0.25, -0.2) is 4.39 Å². The zero-order chi connectivity index (χ0) is 22.9. The average molecular weight is 476 g/mol. The molecule has 1 atom stereocenters. The van der Waals surface area contributed by atoms with Gasteiger partial charge in [0.2, 0.25) is 0 Å². The molecule has 0 aliphatic heterocycles. The highest BCUT2D eigenvalue weighted by atomic mass is 35.5. The molecule has 0 fully saturated rings. The Hall–Kier alpha value is -2.47. The van der Waals surface area contributed by atoms with Crippen molar-refractivity contribution >= 4 is 33.9 Å². The standard InChI is InChI=1S/C17H12ClF6NO4S/c1-10-8-13(7-4-11-2-5-12(18)6-3-11)25(14(26)9-10)29-30(27,28)17(23,24)15(19)16(20,21)22/h2-9,15H,1H3/b7-4+. The lowest BCUT2D eigenvalue weighted by atomic mass is 10.2. The lowest BCUT2D eigenvalue weighted by Gasteiger charge is -2.22. The summed E-state index contributed by atoms with van der Waals surface area (Å²) in [5, 5.41) is -5.60. The molecule has 0 saturated carbocycles. The molecule has 13 heteroatoms. The van der Waals surface area contributed by atoms with Gasteiger partial charge in [-0.3, -0.25) is 9.08 Å². The second-order valence-corrected chi connectivity index (χ2v) is 8.01. The number of rotatable bonds is 6. The van der Waals surface area contributed by atoms with Gasteiger partial charge in [0.25, 0.3) is 11.7 Å². The van der Waals surface area contributed by atoms with E-state index in [0.717, 1.165) is 18.2 Å². The fraction of sp³-hybridized carbons (Fsp3) is 0.235.